The van der Waals surface area contributed by atoms with Gasteiger partial charge in [0.2, 0.25) is 0 Å². The Kier molecular flexibility index (Phi) is 9.44. The summed E-state index contributed by atoms with van der Waals surface area (Å²) >= 11 is -1.79. The predicted molar refractivity (Wildman–Crippen MR) is 149 cm³/mol. The molecule has 0 aliphatic carbocycles. The van der Waals surface area contributed by atoms with Crippen LogP contribution in [0.1, 0.15) is 13.9 Å². The van der Waals surface area contributed by atoms with E-state index >= 15 is 0 Å². The summed E-state index contributed by atoms with van der Waals surface area (Å²) < 4.78 is 30.9. The van der Waals surface area contributed by atoms with Gasteiger partial charge in [0, 0.05) is 29.0 Å². The summed E-state index contributed by atoms with van der Waals surface area (Å²) in [7, 11) is 0. The van der Waals surface area contributed by atoms with Crippen LogP contribution >= 0.6 is 0 Å². The third kappa shape index (κ3) is 8.57. The zero-order valence-corrected chi connectivity index (χ0v) is 25.5. The fraction of sp³-hybridized carbons (Fsp3) is 0.125. The molecule has 189 valence electrons. The van der Waals surface area contributed by atoms with Gasteiger partial charge in [0.25, 0.3) is 0 Å². The van der Waals surface area contributed by atoms with E-state index in [0.29, 0.717) is 11.1 Å². The molecule has 2 heterocycles. The summed E-state index contributed by atoms with van der Waals surface area (Å²) in [6.07, 6.45) is 2.13. The van der Waals surface area contributed by atoms with Crippen LogP contribution in [0.15, 0.2) is 109 Å². The molecule has 2 nitrogen and oxygen atoms in total. The van der Waals surface area contributed by atoms with Crippen LogP contribution in [0.2, 0.25) is 17.3 Å². The number of nitrogens with zero attached hydrogens (tertiary/aromatic N) is 2. The number of hydrogen-bond acceptors (Lipinski definition) is 2. The van der Waals surface area contributed by atoms with Crippen LogP contribution in [0, 0.1) is 17.9 Å². The van der Waals surface area contributed by atoms with Crippen molar-refractivity contribution in [1.29, 1.82) is 0 Å². The molecule has 37 heavy (non-hydrogen) atoms. The second kappa shape index (κ2) is 13.6. The number of benzene rings is 3. The number of hydrogen-bond donors (Lipinski definition) is 0. The van der Waals surface area contributed by atoms with Crippen LogP contribution in [0.25, 0.3) is 22.5 Å². The van der Waals surface area contributed by atoms with Gasteiger partial charge in [-0.3, -0.25) is 0 Å². The molecular formula is C32H29FGeIrN2-2. The van der Waals surface area contributed by atoms with Crippen molar-refractivity contribution in [2.45, 2.75) is 23.6 Å². The Hall–Kier alpha value is -2.92. The van der Waals surface area contributed by atoms with Gasteiger partial charge in [-0.1, -0.05) is 42.5 Å². The minimum Gasteiger partial charge on any atom is 0 e. The topological polar surface area (TPSA) is 25.8 Å². The van der Waals surface area contributed by atoms with E-state index < -0.39 is 19.6 Å². The molecule has 5 heteroatoms. The van der Waals surface area contributed by atoms with E-state index in [1.807, 2.05) is 54.7 Å². The number of rotatable bonds is 5. The van der Waals surface area contributed by atoms with Crippen LogP contribution in [0.5, 0.6) is 0 Å². The Balaban J connectivity index is 0.000000215. The summed E-state index contributed by atoms with van der Waals surface area (Å²) in [6.45, 7) is 0. The van der Waals surface area contributed by atoms with Crippen molar-refractivity contribution in [1.82, 2.24) is 9.97 Å². The van der Waals surface area contributed by atoms with Gasteiger partial charge in [-0.05, 0) is 23.7 Å². The average molecular weight is 727 g/mol. The average Bonchev–Trinajstić information content (AvgIpc) is 2.94. The molecule has 2 aromatic heterocycles. The van der Waals surface area contributed by atoms with Crippen LogP contribution in [0.3, 0.4) is 0 Å². The maximum atomic E-state index is 12.8. The van der Waals surface area contributed by atoms with Gasteiger partial charge in [0.15, 0.2) is 0 Å². The fourth-order valence-electron chi connectivity index (χ4n) is 3.46. The molecule has 5 rings (SSSR count). The Morgan fingerprint density at radius 1 is 0.784 bits per heavy atom. The van der Waals surface area contributed by atoms with Crippen molar-refractivity contribution in [3.05, 3.63) is 139 Å². The van der Waals surface area contributed by atoms with Crippen molar-refractivity contribution < 1.29 is 27.2 Å². The number of aromatic nitrogens is 2. The van der Waals surface area contributed by atoms with Crippen molar-refractivity contribution in [3.63, 3.8) is 0 Å². The van der Waals surface area contributed by atoms with E-state index in [0.717, 1.165) is 22.5 Å². The minimum atomic E-state index is -1.79. The van der Waals surface area contributed by atoms with E-state index in [9.17, 15) is 4.39 Å². The molecule has 0 spiro atoms. The Bertz CT molecular complexity index is 1460. The third-order valence-corrected chi connectivity index (χ3v) is 9.74. The first kappa shape index (κ1) is 25.7. The number of halogens is 1. The Morgan fingerprint density at radius 2 is 1.54 bits per heavy atom. The van der Waals surface area contributed by atoms with E-state index in [1.54, 1.807) is 36.5 Å². The summed E-state index contributed by atoms with van der Waals surface area (Å²) in [5.41, 5.74) is 4.52. The van der Waals surface area contributed by atoms with Crippen molar-refractivity contribution in [2.75, 3.05) is 0 Å². The van der Waals surface area contributed by atoms with Crippen LogP contribution in [-0.4, -0.2) is 23.2 Å². The maximum absolute atomic E-state index is 12.8. The van der Waals surface area contributed by atoms with E-state index in [-0.39, 0.29) is 25.9 Å². The largest absolute Gasteiger partial charge is 0 e. The first-order chi connectivity index (χ1) is 18.1. The molecule has 0 saturated carbocycles. The Morgan fingerprint density at radius 3 is 2.16 bits per heavy atom. The van der Waals surface area contributed by atoms with E-state index in [2.05, 4.69) is 45.4 Å². The molecule has 0 fully saturated rings. The van der Waals surface area contributed by atoms with Gasteiger partial charge in [0.1, 0.15) is 0 Å². The molecular weight excluding hydrogens is 696 g/mol. The SMILES string of the molecule is [2H]C([2H])(c1ccccc1)c1cc[c-]c(-c2ccccn2)c1.[CH3][Ge]([CH3])([CH3])[c]1ccc(-c2[c-]cc(F)cc2)nc1.[Ir]. The molecule has 1 radical (unpaired) electrons. The van der Waals surface area contributed by atoms with Crippen LogP contribution < -0.4 is 4.40 Å². The Labute approximate surface area is 238 Å². The van der Waals surface area contributed by atoms with Gasteiger partial charge in [-0.2, -0.15) is 0 Å². The monoisotopic (exact) mass is 729 g/mol. The van der Waals surface area contributed by atoms with Gasteiger partial charge >= 0.3 is 104 Å². The second-order valence-corrected chi connectivity index (χ2v) is 20.0. The first-order valence-corrected chi connectivity index (χ1v) is 19.1. The smallest absolute Gasteiger partial charge is 0 e. The van der Waals surface area contributed by atoms with Crippen LogP contribution in [-0.2, 0) is 26.5 Å². The zero-order chi connectivity index (χ0) is 27.2. The van der Waals surface area contributed by atoms with E-state index in [4.69, 9.17) is 2.74 Å². The van der Waals surface area contributed by atoms with Crippen molar-refractivity contribution in [2.24, 2.45) is 0 Å². The van der Waals surface area contributed by atoms with Gasteiger partial charge in [-0.15, -0.1) is 35.4 Å². The summed E-state index contributed by atoms with van der Waals surface area (Å²) in [4.78, 5) is 8.73. The molecule has 0 unspecified atom stereocenters. The zero-order valence-electron chi connectivity index (χ0n) is 23.0. The quantitative estimate of drug-likeness (QED) is 0.140. The normalized spacial score (nSPS) is 11.8. The van der Waals surface area contributed by atoms with Gasteiger partial charge < -0.3 is 4.98 Å². The van der Waals surface area contributed by atoms with Crippen molar-refractivity contribution >= 4 is 17.7 Å². The second-order valence-electron chi connectivity index (χ2n) is 9.30. The summed E-state index contributed by atoms with van der Waals surface area (Å²) in [5.74, 6) is 6.73. The number of pyridine rings is 2. The summed E-state index contributed by atoms with van der Waals surface area (Å²) in [5, 5.41) is 0. The predicted octanol–water partition coefficient (Wildman–Crippen LogP) is 7.37. The van der Waals surface area contributed by atoms with Gasteiger partial charge in [0.05, 0.1) is 0 Å². The molecule has 5 aromatic rings. The van der Waals surface area contributed by atoms with Crippen LogP contribution in [0.4, 0.5) is 4.39 Å². The molecule has 0 bridgehead atoms. The third-order valence-electron chi connectivity index (χ3n) is 5.49. The molecule has 0 aliphatic rings. The summed E-state index contributed by atoms with van der Waals surface area (Å²) in [6, 6.07) is 34.8. The fourth-order valence-corrected chi connectivity index (χ4v) is 5.64. The van der Waals surface area contributed by atoms with Crippen molar-refractivity contribution in [3.8, 4) is 22.5 Å². The standard InChI is InChI=1S/C18H14N.C14H15FGeN.Ir/c1-2-7-15(8-3-1)13-16-9-6-10-17(14-16)18-11-4-5-12-19-18;1-16(2,3)13-8-9-14(17-10-13)11-4-6-12(15)7-5-11;/h1-9,11-12,14H,13H2;4,6-10H,1-3H3;/q2*-1;/i13D2;;. The molecule has 0 aliphatic heterocycles. The molecule has 0 atom stereocenters. The minimum absolute atomic E-state index is 0. The maximum Gasteiger partial charge on any atom is 0 e. The molecule has 0 saturated heterocycles. The first-order valence-electron chi connectivity index (χ1n) is 12.8. The molecule has 3 aromatic carbocycles. The van der Waals surface area contributed by atoms with Gasteiger partial charge in [-0.25, -0.2) is 0 Å². The molecule has 0 N–H and O–H groups in total. The molecule has 0 amide bonds. The van der Waals surface area contributed by atoms with E-state index in [1.165, 1.54) is 16.5 Å².